The highest BCUT2D eigenvalue weighted by atomic mass is 19.1. The van der Waals surface area contributed by atoms with Crippen LogP contribution < -0.4 is 5.73 Å². The molecule has 0 radical (unpaired) electrons. The van der Waals surface area contributed by atoms with Crippen LogP contribution in [0.1, 0.15) is 5.56 Å². The van der Waals surface area contributed by atoms with Crippen molar-refractivity contribution in [2.45, 2.75) is 0 Å². The molecule has 12 heavy (non-hydrogen) atoms. The second-order valence-electron chi connectivity index (χ2n) is 2.30. The summed E-state index contributed by atoms with van der Waals surface area (Å²) in [6.07, 6.45) is 1.49. The number of nitrogen functional groups attached to an aromatic ring is 1. The second kappa shape index (κ2) is 3.17. The summed E-state index contributed by atoms with van der Waals surface area (Å²) in [4.78, 5) is 3.67. The van der Waals surface area contributed by atoms with Gasteiger partial charge in [-0.1, -0.05) is 12.7 Å². The maximum Gasteiger partial charge on any atom is 0.126 e. The first-order valence-corrected chi connectivity index (χ1v) is 3.37. The van der Waals surface area contributed by atoms with Crippen molar-refractivity contribution < 1.29 is 4.39 Å². The monoisotopic (exact) mass is 164 g/mol. The highest BCUT2D eigenvalue weighted by Crippen LogP contribution is 2.28. The minimum atomic E-state index is -0.394. The molecule has 0 fully saturated rings. The van der Waals surface area contributed by atoms with Gasteiger partial charge in [0.15, 0.2) is 0 Å². The fourth-order valence-electron chi connectivity index (χ4n) is 0.980. The van der Waals surface area contributed by atoms with Gasteiger partial charge in [0, 0.05) is 5.56 Å². The quantitative estimate of drug-likeness (QED) is 0.529. The first-order chi connectivity index (χ1) is 5.69. The van der Waals surface area contributed by atoms with Crippen molar-refractivity contribution in [3.8, 4) is 0 Å². The molecule has 0 spiro atoms. The van der Waals surface area contributed by atoms with Crippen LogP contribution in [-0.2, 0) is 0 Å². The molecule has 0 aliphatic carbocycles. The molecule has 0 unspecified atom stereocenters. The SMILES string of the molecule is C=Cc1cc(F)cc(N)c1N=C. The lowest BCUT2D eigenvalue weighted by molar-refractivity contribution is 0.628. The van der Waals surface area contributed by atoms with E-state index in [1.165, 1.54) is 18.2 Å². The molecule has 0 heterocycles. The van der Waals surface area contributed by atoms with E-state index in [1.54, 1.807) is 0 Å². The molecule has 2 N–H and O–H groups in total. The average Bonchev–Trinajstić information content (AvgIpc) is 2.03. The molecular formula is C9H9FN2. The lowest BCUT2D eigenvalue weighted by atomic mass is 10.1. The number of nitrogens with two attached hydrogens (primary N) is 1. The molecule has 2 nitrogen and oxygen atoms in total. The average molecular weight is 164 g/mol. The van der Waals surface area contributed by atoms with E-state index in [4.69, 9.17) is 5.73 Å². The van der Waals surface area contributed by atoms with Gasteiger partial charge < -0.3 is 5.73 Å². The molecule has 0 aliphatic rings. The molecule has 0 bridgehead atoms. The summed E-state index contributed by atoms with van der Waals surface area (Å²) in [7, 11) is 0. The van der Waals surface area contributed by atoms with Crippen molar-refractivity contribution in [3.05, 3.63) is 30.1 Å². The molecule has 0 atom stereocenters. The summed E-state index contributed by atoms with van der Waals surface area (Å²) >= 11 is 0. The normalized spacial score (nSPS) is 9.42. The van der Waals surface area contributed by atoms with Gasteiger partial charge in [-0.15, -0.1) is 0 Å². The van der Waals surface area contributed by atoms with E-state index in [0.29, 0.717) is 11.3 Å². The number of hydrogen-bond acceptors (Lipinski definition) is 2. The smallest absolute Gasteiger partial charge is 0.126 e. The van der Waals surface area contributed by atoms with Crippen LogP contribution in [0.2, 0.25) is 0 Å². The molecule has 62 valence electrons. The topological polar surface area (TPSA) is 38.4 Å². The Hall–Kier alpha value is -1.64. The molecule has 1 rings (SSSR count). The molecule has 1 aromatic carbocycles. The zero-order chi connectivity index (χ0) is 9.14. The number of hydrogen-bond donors (Lipinski definition) is 1. The standard InChI is InChI=1S/C9H9FN2/c1-3-6-4-7(10)5-8(11)9(6)12-2/h3-5H,1-2,11H2. The Balaban J connectivity index is 3.43. The van der Waals surface area contributed by atoms with Gasteiger partial charge in [0.05, 0.1) is 11.4 Å². The first-order valence-electron chi connectivity index (χ1n) is 3.37. The summed E-state index contributed by atoms with van der Waals surface area (Å²) in [5.74, 6) is -0.394. The van der Waals surface area contributed by atoms with Gasteiger partial charge in [0.1, 0.15) is 5.82 Å². The third-order valence-electron chi connectivity index (χ3n) is 1.51. The Morgan fingerprint density at radius 2 is 2.17 bits per heavy atom. The fraction of sp³-hybridized carbons (Fsp3) is 0. The Bertz CT molecular complexity index is 332. The third kappa shape index (κ3) is 1.34. The van der Waals surface area contributed by atoms with Gasteiger partial charge in [-0.2, -0.15) is 0 Å². The maximum atomic E-state index is 12.7. The van der Waals surface area contributed by atoms with Crippen LogP contribution in [-0.4, -0.2) is 6.72 Å². The van der Waals surface area contributed by atoms with Crippen LogP contribution in [0.3, 0.4) is 0 Å². The van der Waals surface area contributed by atoms with Crippen LogP contribution in [0.5, 0.6) is 0 Å². The van der Waals surface area contributed by atoms with Gasteiger partial charge >= 0.3 is 0 Å². The summed E-state index contributed by atoms with van der Waals surface area (Å²) < 4.78 is 12.7. The van der Waals surface area contributed by atoms with E-state index in [0.717, 1.165) is 0 Å². The molecule has 0 saturated carbocycles. The molecule has 0 aliphatic heterocycles. The van der Waals surface area contributed by atoms with Gasteiger partial charge in [0.2, 0.25) is 0 Å². The number of nitrogens with zero attached hydrogens (tertiary/aromatic N) is 1. The zero-order valence-electron chi connectivity index (χ0n) is 6.55. The molecule has 0 amide bonds. The Kier molecular flexibility index (Phi) is 2.24. The summed E-state index contributed by atoms with van der Waals surface area (Å²) in [5, 5.41) is 0. The van der Waals surface area contributed by atoms with Crippen molar-refractivity contribution in [1.82, 2.24) is 0 Å². The Labute approximate surface area is 70.2 Å². The second-order valence-corrected chi connectivity index (χ2v) is 2.30. The van der Waals surface area contributed by atoms with E-state index in [2.05, 4.69) is 18.3 Å². The number of halogens is 1. The van der Waals surface area contributed by atoms with Gasteiger partial charge in [-0.05, 0) is 18.9 Å². The molecular weight excluding hydrogens is 155 g/mol. The van der Waals surface area contributed by atoms with E-state index >= 15 is 0 Å². The van der Waals surface area contributed by atoms with Crippen molar-refractivity contribution in [2.24, 2.45) is 4.99 Å². The van der Waals surface area contributed by atoms with E-state index < -0.39 is 5.82 Å². The molecule has 0 saturated heterocycles. The van der Waals surface area contributed by atoms with E-state index in [9.17, 15) is 4.39 Å². The van der Waals surface area contributed by atoms with Crippen molar-refractivity contribution >= 4 is 24.2 Å². The van der Waals surface area contributed by atoms with E-state index in [-0.39, 0.29) is 5.69 Å². The lowest BCUT2D eigenvalue weighted by Gasteiger charge is -2.03. The van der Waals surface area contributed by atoms with Crippen molar-refractivity contribution in [1.29, 1.82) is 0 Å². The molecule has 3 heteroatoms. The van der Waals surface area contributed by atoms with Crippen LogP contribution in [0, 0.1) is 5.82 Å². The summed E-state index contributed by atoms with van der Waals surface area (Å²) in [6, 6.07) is 2.52. The van der Waals surface area contributed by atoms with E-state index in [1.807, 2.05) is 0 Å². The molecule has 1 aromatic rings. The number of benzene rings is 1. The zero-order valence-corrected chi connectivity index (χ0v) is 6.55. The van der Waals surface area contributed by atoms with Crippen LogP contribution in [0.4, 0.5) is 15.8 Å². The molecule has 0 aromatic heterocycles. The van der Waals surface area contributed by atoms with Crippen LogP contribution >= 0.6 is 0 Å². The van der Waals surface area contributed by atoms with Crippen molar-refractivity contribution in [2.75, 3.05) is 5.73 Å². The van der Waals surface area contributed by atoms with Gasteiger partial charge in [-0.25, -0.2) is 4.39 Å². The largest absolute Gasteiger partial charge is 0.397 e. The Morgan fingerprint density at radius 1 is 1.50 bits per heavy atom. The predicted molar refractivity (Wildman–Crippen MR) is 50.1 cm³/mol. The van der Waals surface area contributed by atoms with Gasteiger partial charge in [0.25, 0.3) is 0 Å². The van der Waals surface area contributed by atoms with Crippen molar-refractivity contribution in [3.63, 3.8) is 0 Å². The minimum Gasteiger partial charge on any atom is -0.397 e. The van der Waals surface area contributed by atoms with Crippen LogP contribution in [0.15, 0.2) is 23.7 Å². The maximum absolute atomic E-state index is 12.7. The summed E-state index contributed by atoms with van der Waals surface area (Å²) in [6.45, 7) is 6.84. The fourth-order valence-corrected chi connectivity index (χ4v) is 0.980. The van der Waals surface area contributed by atoms with Gasteiger partial charge in [-0.3, -0.25) is 4.99 Å². The summed E-state index contributed by atoms with van der Waals surface area (Å²) in [5.41, 5.74) is 6.80. The predicted octanol–water partition coefficient (Wildman–Crippen LogP) is 2.38. The highest BCUT2D eigenvalue weighted by Gasteiger charge is 2.03. The number of rotatable bonds is 2. The third-order valence-corrected chi connectivity index (χ3v) is 1.51. The van der Waals surface area contributed by atoms with Crippen LogP contribution in [0.25, 0.3) is 6.08 Å². The first kappa shape index (κ1) is 8.46. The minimum absolute atomic E-state index is 0.278. The number of aliphatic imine (C=N–C) groups is 1. The lowest BCUT2D eigenvalue weighted by Crippen LogP contribution is -1.89. The Morgan fingerprint density at radius 3 is 2.67 bits per heavy atom. The highest BCUT2D eigenvalue weighted by molar-refractivity contribution is 5.76. The number of anilines is 1.